The van der Waals surface area contributed by atoms with Crippen molar-refractivity contribution in [1.29, 1.82) is 0 Å². The maximum absolute atomic E-state index is 11.9. The summed E-state index contributed by atoms with van der Waals surface area (Å²) < 4.78 is 23.7. The predicted molar refractivity (Wildman–Crippen MR) is 68.3 cm³/mol. The second-order valence-corrected chi connectivity index (χ2v) is 7.16. The molecule has 1 aliphatic carbocycles. The van der Waals surface area contributed by atoms with Crippen molar-refractivity contribution < 1.29 is 18.3 Å². The largest absolute Gasteiger partial charge is 0.481 e. The second-order valence-electron chi connectivity index (χ2n) is 4.72. The number of carboxylic acids is 1. The molecule has 0 amide bonds. The van der Waals surface area contributed by atoms with Crippen LogP contribution in [0.25, 0.3) is 0 Å². The van der Waals surface area contributed by atoms with E-state index in [4.69, 9.17) is 5.11 Å². The number of hydrogen-bond acceptors (Lipinski definition) is 3. The lowest BCUT2D eigenvalue weighted by molar-refractivity contribution is -0.138. The molecule has 1 aromatic rings. The van der Waals surface area contributed by atoms with Crippen molar-refractivity contribution in [3.05, 3.63) is 35.4 Å². The van der Waals surface area contributed by atoms with Crippen LogP contribution in [0.3, 0.4) is 0 Å². The first-order valence-electron chi connectivity index (χ1n) is 5.89. The van der Waals surface area contributed by atoms with Crippen LogP contribution in [0.4, 0.5) is 0 Å². The van der Waals surface area contributed by atoms with E-state index in [2.05, 4.69) is 0 Å². The summed E-state index contributed by atoms with van der Waals surface area (Å²) in [5.41, 5.74) is 1.87. The molecule has 1 N–H and O–H groups in total. The van der Waals surface area contributed by atoms with Crippen LogP contribution in [0.15, 0.2) is 24.3 Å². The normalized spacial score (nSPS) is 26.9. The Hall–Kier alpha value is -1.36. The standard InChI is InChI=1S/C13H16O4S/c1-3-18(16,17)12-10(11(12)13(14)15)9-6-4-8(2)5-7-9/h4-7,10-12H,3H2,1-2H3,(H,14,15)/t10-,11+,12-/m0/s1. The number of sulfone groups is 1. The molecule has 0 bridgehead atoms. The number of carbonyl (C=O) groups is 1. The van der Waals surface area contributed by atoms with E-state index < -0.39 is 32.9 Å². The molecule has 18 heavy (non-hydrogen) atoms. The highest BCUT2D eigenvalue weighted by Crippen LogP contribution is 2.52. The van der Waals surface area contributed by atoms with Gasteiger partial charge < -0.3 is 5.11 Å². The Bertz CT molecular complexity index is 559. The molecule has 5 heteroatoms. The van der Waals surface area contributed by atoms with Crippen molar-refractivity contribution >= 4 is 15.8 Å². The summed E-state index contributed by atoms with van der Waals surface area (Å²) in [7, 11) is -3.31. The second kappa shape index (κ2) is 4.39. The summed E-state index contributed by atoms with van der Waals surface area (Å²) in [6.45, 7) is 3.49. The fourth-order valence-electron chi connectivity index (χ4n) is 2.40. The smallest absolute Gasteiger partial charge is 0.308 e. The number of aryl methyl sites for hydroxylation is 1. The van der Waals surface area contributed by atoms with Crippen LogP contribution in [0, 0.1) is 12.8 Å². The molecule has 1 aliphatic rings. The van der Waals surface area contributed by atoms with Gasteiger partial charge in [0, 0.05) is 11.7 Å². The van der Waals surface area contributed by atoms with Gasteiger partial charge in [-0.2, -0.15) is 0 Å². The third-order valence-corrected chi connectivity index (χ3v) is 5.74. The molecule has 0 unspecified atom stereocenters. The van der Waals surface area contributed by atoms with Gasteiger partial charge in [0.2, 0.25) is 0 Å². The Morgan fingerprint density at radius 3 is 2.28 bits per heavy atom. The van der Waals surface area contributed by atoms with E-state index in [1.165, 1.54) is 0 Å². The minimum absolute atomic E-state index is 0.0101. The first-order chi connectivity index (χ1) is 8.38. The summed E-state index contributed by atoms with van der Waals surface area (Å²) in [6, 6.07) is 7.40. The first-order valence-corrected chi connectivity index (χ1v) is 7.61. The quantitative estimate of drug-likeness (QED) is 0.900. The van der Waals surface area contributed by atoms with E-state index in [1.807, 2.05) is 31.2 Å². The Kier molecular flexibility index (Phi) is 3.19. The third kappa shape index (κ3) is 2.14. The SMILES string of the molecule is CCS(=O)(=O)[C@@H]1[C@H](C(=O)O)[C@@H]1c1ccc(C)cc1. The van der Waals surface area contributed by atoms with Crippen LogP contribution in [0.5, 0.6) is 0 Å². The maximum atomic E-state index is 11.9. The maximum Gasteiger partial charge on any atom is 0.308 e. The van der Waals surface area contributed by atoms with Crippen LogP contribution in [-0.2, 0) is 14.6 Å². The molecule has 2 rings (SSSR count). The number of aliphatic carboxylic acids is 1. The monoisotopic (exact) mass is 268 g/mol. The predicted octanol–water partition coefficient (Wildman–Crippen LogP) is 1.60. The summed E-state index contributed by atoms with van der Waals surface area (Å²) in [5, 5.41) is 8.34. The summed E-state index contributed by atoms with van der Waals surface area (Å²) in [5.74, 6) is -2.22. The van der Waals surface area contributed by atoms with E-state index in [9.17, 15) is 13.2 Å². The minimum atomic E-state index is -3.31. The molecule has 3 atom stereocenters. The van der Waals surface area contributed by atoms with Crippen molar-refractivity contribution in [2.24, 2.45) is 5.92 Å². The Labute approximate surface area is 107 Å². The van der Waals surface area contributed by atoms with Gasteiger partial charge in [-0.25, -0.2) is 8.42 Å². The molecule has 4 nitrogen and oxygen atoms in total. The van der Waals surface area contributed by atoms with Crippen molar-refractivity contribution in [3.8, 4) is 0 Å². The zero-order chi connectivity index (χ0) is 13.5. The Morgan fingerprint density at radius 1 is 1.28 bits per heavy atom. The topological polar surface area (TPSA) is 71.4 Å². The molecule has 0 heterocycles. The van der Waals surface area contributed by atoms with Gasteiger partial charge in [0.15, 0.2) is 9.84 Å². The molecule has 98 valence electrons. The molecule has 0 radical (unpaired) electrons. The number of benzene rings is 1. The molecule has 1 aromatic carbocycles. The van der Waals surface area contributed by atoms with Crippen LogP contribution >= 0.6 is 0 Å². The molecule has 0 saturated heterocycles. The summed E-state index contributed by atoms with van der Waals surface area (Å²) in [4.78, 5) is 11.1. The third-order valence-electron chi connectivity index (χ3n) is 3.52. The lowest BCUT2D eigenvalue weighted by Crippen LogP contribution is -2.14. The van der Waals surface area contributed by atoms with Crippen LogP contribution in [0.2, 0.25) is 0 Å². The van der Waals surface area contributed by atoms with E-state index in [-0.39, 0.29) is 5.75 Å². The minimum Gasteiger partial charge on any atom is -0.481 e. The van der Waals surface area contributed by atoms with Crippen LogP contribution < -0.4 is 0 Å². The lowest BCUT2D eigenvalue weighted by atomic mass is 10.1. The van der Waals surface area contributed by atoms with Gasteiger partial charge in [-0.15, -0.1) is 0 Å². The van der Waals surface area contributed by atoms with Gasteiger partial charge >= 0.3 is 5.97 Å². The Morgan fingerprint density at radius 2 is 1.83 bits per heavy atom. The van der Waals surface area contributed by atoms with Crippen molar-refractivity contribution in [1.82, 2.24) is 0 Å². The zero-order valence-corrected chi connectivity index (χ0v) is 11.1. The van der Waals surface area contributed by atoms with Gasteiger partial charge in [-0.3, -0.25) is 4.79 Å². The van der Waals surface area contributed by atoms with E-state index in [0.717, 1.165) is 11.1 Å². The highest BCUT2D eigenvalue weighted by atomic mass is 32.2. The summed E-state index contributed by atoms with van der Waals surface area (Å²) in [6.07, 6.45) is 0. The Balaban J connectivity index is 2.33. The fraction of sp³-hybridized carbons (Fsp3) is 0.462. The molecule has 0 spiro atoms. The highest BCUT2D eigenvalue weighted by Gasteiger charge is 2.62. The van der Waals surface area contributed by atoms with Crippen molar-refractivity contribution in [3.63, 3.8) is 0 Å². The van der Waals surface area contributed by atoms with Crippen molar-refractivity contribution in [2.75, 3.05) is 5.75 Å². The molecule has 1 saturated carbocycles. The van der Waals surface area contributed by atoms with Crippen LogP contribution in [-0.4, -0.2) is 30.5 Å². The van der Waals surface area contributed by atoms with Gasteiger partial charge in [0.05, 0.1) is 11.2 Å². The van der Waals surface area contributed by atoms with Gasteiger partial charge in [-0.05, 0) is 12.5 Å². The van der Waals surface area contributed by atoms with E-state index >= 15 is 0 Å². The molecule has 0 aliphatic heterocycles. The zero-order valence-electron chi connectivity index (χ0n) is 10.3. The first kappa shape index (κ1) is 13.1. The summed E-state index contributed by atoms with van der Waals surface area (Å²) >= 11 is 0. The molecular formula is C13H16O4S. The highest BCUT2D eigenvalue weighted by molar-refractivity contribution is 7.92. The fourth-order valence-corrected chi connectivity index (χ4v) is 4.20. The average molecular weight is 268 g/mol. The lowest BCUT2D eigenvalue weighted by Gasteiger charge is -2.01. The number of hydrogen-bond donors (Lipinski definition) is 1. The van der Waals surface area contributed by atoms with Gasteiger partial charge in [-0.1, -0.05) is 36.8 Å². The van der Waals surface area contributed by atoms with E-state index in [0.29, 0.717) is 0 Å². The van der Waals surface area contributed by atoms with Gasteiger partial charge in [0.25, 0.3) is 0 Å². The molecular weight excluding hydrogens is 252 g/mol. The molecule has 1 fully saturated rings. The van der Waals surface area contributed by atoms with E-state index in [1.54, 1.807) is 6.92 Å². The van der Waals surface area contributed by atoms with Gasteiger partial charge in [0.1, 0.15) is 0 Å². The average Bonchev–Trinajstić information content (AvgIpc) is 3.06. The molecule has 0 aromatic heterocycles. The van der Waals surface area contributed by atoms with Crippen molar-refractivity contribution in [2.45, 2.75) is 25.0 Å². The van der Waals surface area contributed by atoms with Crippen LogP contribution in [0.1, 0.15) is 24.0 Å². The number of carboxylic acid groups (broad SMARTS) is 1. The number of rotatable bonds is 4.